The lowest BCUT2D eigenvalue weighted by atomic mass is 10.0. The van der Waals surface area contributed by atoms with Crippen molar-refractivity contribution in [3.05, 3.63) is 35.4 Å². The summed E-state index contributed by atoms with van der Waals surface area (Å²) in [6.07, 6.45) is -0.925. The van der Waals surface area contributed by atoms with E-state index in [1.807, 2.05) is 0 Å². The fourth-order valence-electron chi connectivity index (χ4n) is 1.67. The Morgan fingerprint density at radius 2 is 1.90 bits per heavy atom. The van der Waals surface area contributed by atoms with Gasteiger partial charge in [-0.3, -0.25) is 9.59 Å². The first-order chi connectivity index (χ1) is 9.85. The zero-order valence-electron chi connectivity index (χ0n) is 11.8. The van der Waals surface area contributed by atoms with E-state index in [0.717, 1.165) is 12.1 Å². The Kier molecular flexibility index (Phi) is 6.23. The van der Waals surface area contributed by atoms with Crippen LogP contribution in [0.15, 0.2) is 18.2 Å². The minimum absolute atomic E-state index is 0.152. The van der Waals surface area contributed by atoms with Crippen LogP contribution >= 0.6 is 0 Å². The molecule has 2 unspecified atom stereocenters. The number of aliphatic hydroxyl groups excluding tert-OH is 1. The van der Waals surface area contributed by atoms with Crippen molar-refractivity contribution in [2.75, 3.05) is 6.54 Å². The molecule has 0 aliphatic heterocycles. The topological polar surface area (TPSA) is 78.4 Å². The maximum absolute atomic E-state index is 13.1. The lowest BCUT2D eigenvalue weighted by Gasteiger charge is -2.21. The second-order valence-electron chi connectivity index (χ2n) is 4.60. The Hall–Kier alpha value is -2.02. The quantitative estimate of drug-likeness (QED) is 0.734. The Balaban J connectivity index is 2.57. The van der Waals surface area contributed by atoms with Gasteiger partial charge in [-0.15, -0.1) is 0 Å². The van der Waals surface area contributed by atoms with Gasteiger partial charge in [0.05, 0.1) is 18.7 Å². The summed E-state index contributed by atoms with van der Waals surface area (Å²) in [6, 6.07) is 2.30. The Morgan fingerprint density at radius 3 is 2.48 bits per heavy atom. The number of halogens is 2. The van der Waals surface area contributed by atoms with Crippen LogP contribution in [0.3, 0.4) is 0 Å². The Morgan fingerprint density at radius 1 is 1.24 bits per heavy atom. The molecule has 0 bridgehead atoms. The van der Waals surface area contributed by atoms with E-state index in [9.17, 15) is 23.5 Å². The molecule has 0 aromatic heterocycles. The predicted molar refractivity (Wildman–Crippen MR) is 72.2 cm³/mol. The summed E-state index contributed by atoms with van der Waals surface area (Å²) >= 11 is 0. The van der Waals surface area contributed by atoms with Crippen LogP contribution in [0.25, 0.3) is 0 Å². The fraction of sp³-hybridized carbons (Fsp3) is 0.429. The minimum atomic E-state index is -1.19. The predicted octanol–water partition coefficient (Wildman–Crippen LogP) is 1.03. The average Bonchev–Trinajstić information content (AvgIpc) is 2.46. The molecule has 0 aliphatic carbocycles. The van der Waals surface area contributed by atoms with Crippen LogP contribution in [0.2, 0.25) is 0 Å². The van der Waals surface area contributed by atoms with Crippen LogP contribution in [0.1, 0.15) is 31.9 Å². The third-order valence-corrected chi connectivity index (χ3v) is 2.91. The van der Waals surface area contributed by atoms with Gasteiger partial charge in [0.15, 0.2) is 11.6 Å². The molecule has 0 saturated heterocycles. The molecule has 0 saturated carbocycles. The highest BCUT2D eigenvalue weighted by atomic mass is 19.2. The number of benzene rings is 1. The van der Waals surface area contributed by atoms with E-state index in [2.05, 4.69) is 10.6 Å². The first-order valence-electron chi connectivity index (χ1n) is 6.54. The maximum Gasteiger partial charge on any atom is 0.239 e. The number of amides is 2. The SMILES string of the molecule is CCC(=O)NCC(=O)NC(C)C(O)c1ccc(F)c(F)c1. The lowest BCUT2D eigenvalue weighted by molar-refractivity contribution is -0.126. The number of hydrogen-bond acceptors (Lipinski definition) is 3. The molecule has 1 rings (SSSR count). The van der Waals surface area contributed by atoms with Crippen LogP contribution < -0.4 is 10.6 Å². The van der Waals surface area contributed by atoms with Crippen molar-refractivity contribution in [1.82, 2.24) is 10.6 Å². The summed E-state index contributed by atoms with van der Waals surface area (Å²) in [5, 5.41) is 14.8. The molecule has 0 heterocycles. The lowest BCUT2D eigenvalue weighted by Crippen LogP contribution is -2.43. The normalized spacial score (nSPS) is 13.4. The van der Waals surface area contributed by atoms with Crippen molar-refractivity contribution < 1.29 is 23.5 Å². The van der Waals surface area contributed by atoms with Gasteiger partial charge in [-0.25, -0.2) is 8.78 Å². The van der Waals surface area contributed by atoms with Gasteiger partial charge in [0.1, 0.15) is 0 Å². The van der Waals surface area contributed by atoms with Crippen LogP contribution in [0, 0.1) is 11.6 Å². The molecule has 0 radical (unpaired) electrons. The van der Waals surface area contributed by atoms with Gasteiger partial charge < -0.3 is 15.7 Å². The molecule has 5 nitrogen and oxygen atoms in total. The van der Waals surface area contributed by atoms with Gasteiger partial charge in [0, 0.05) is 6.42 Å². The van der Waals surface area contributed by atoms with E-state index in [-0.39, 0.29) is 24.4 Å². The molecule has 3 N–H and O–H groups in total. The highest BCUT2D eigenvalue weighted by Crippen LogP contribution is 2.19. The molecule has 21 heavy (non-hydrogen) atoms. The van der Waals surface area contributed by atoms with E-state index in [4.69, 9.17) is 0 Å². The van der Waals surface area contributed by atoms with Crippen LogP contribution in [0.5, 0.6) is 0 Å². The molecule has 0 fully saturated rings. The molecule has 116 valence electrons. The van der Waals surface area contributed by atoms with Crippen molar-refractivity contribution in [2.45, 2.75) is 32.4 Å². The fourth-order valence-corrected chi connectivity index (χ4v) is 1.67. The largest absolute Gasteiger partial charge is 0.386 e. The first-order valence-corrected chi connectivity index (χ1v) is 6.54. The zero-order valence-corrected chi connectivity index (χ0v) is 11.8. The van der Waals surface area contributed by atoms with Gasteiger partial charge in [-0.05, 0) is 24.6 Å². The first kappa shape index (κ1) is 17.0. The second-order valence-corrected chi connectivity index (χ2v) is 4.60. The number of aliphatic hydroxyl groups is 1. The summed E-state index contributed by atoms with van der Waals surface area (Å²) in [5.74, 6) is -2.82. The molecule has 1 aromatic rings. The van der Waals surface area contributed by atoms with Crippen LogP contribution in [-0.2, 0) is 9.59 Å². The van der Waals surface area contributed by atoms with Crippen molar-refractivity contribution in [1.29, 1.82) is 0 Å². The zero-order chi connectivity index (χ0) is 16.0. The smallest absolute Gasteiger partial charge is 0.239 e. The number of rotatable bonds is 6. The standard InChI is InChI=1S/C14H18F2N2O3/c1-3-12(19)17-7-13(20)18-8(2)14(21)9-4-5-10(15)11(16)6-9/h4-6,8,14,21H,3,7H2,1-2H3,(H,17,19)(H,18,20). The van der Waals surface area contributed by atoms with Crippen LogP contribution in [0.4, 0.5) is 8.78 Å². The highest BCUT2D eigenvalue weighted by molar-refractivity contribution is 5.84. The second kappa shape index (κ2) is 7.68. The Bertz CT molecular complexity index is 523. The van der Waals surface area contributed by atoms with E-state index < -0.39 is 29.7 Å². The third-order valence-electron chi connectivity index (χ3n) is 2.91. The van der Waals surface area contributed by atoms with Gasteiger partial charge in [0.2, 0.25) is 11.8 Å². The van der Waals surface area contributed by atoms with Crippen molar-refractivity contribution >= 4 is 11.8 Å². The number of nitrogens with one attached hydrogen (secondary N) is 2. The van der Waals surface area contributed by atoms with Crippen LogP contribution in [-0.4, -0.2) is 29.5 Å². The van der Waals surface area contributed by atoms with Crippen molar-refractivity contribution in [2.24, 2.45) is 0 Å². The number of carbonyl (C=O) groups excluding carboxylic acids is 2. The van der Waals surface area contributed by atoms with Gasteiger partial charge in [0.25, 0.3) is 0 Å². The monoisotopic (exact) mass is 300 g/mol. The summed E-state index contributed by atoms with van der Waals surface area (Å²) < 4.78 is 25.9. The molecule has 2 amide bonds. The molecule has 1 aromatic carbocycles. The summed E-state index contributed by atoms with van der Waals surface area (Å²) in [7, 11) is 0. The van der Waals surface area contributed by atoms with E-state index in [1.54, 1.807) is 6.92 Å². The van der Waals surface area contributed by atoms with Crippen molar-refractivity contribution in [3.8, 4) is 0 Å². The van der Waals surface area contributed by atoms with Crippen molar-refractivity contribution in [3.63, 3.8) is 0 Å². The molecule has 0 aliphatic rings. The maximum atomic E-state index is 13.1. The third kappa shape index (κ3) is 5.11. The molecular weight excluding hydrogens is 282 g/mol. The highest BCUT2D eigenvalue weighted by Gasteiger charge is 2.19. The summed E-state index contributed by atoms with van der Waals surface area (Å²) in [5.41, 5.74) is 0.152. The number of hydrogen-bond donors (Lipinski definition) is 3. The van der Waals surface area contributed by atoms with E-state index >= 15 is 0 Å². The average molecular weight is 300 g/mol. The van der Waals surface area contributed by atoms with Gasteiger partial charge >= 0.3 is 0 Å². The number of carbonyl (C=O) groups is 2. The summed E-state index contributed by atoms with van der Waals surface area (Å²) in [4.78, 5) is 22.6. The van der Waals surface area contributed by atoms with Gasteiger partial charge in [-0.2, -0.15) is 0 Å². The van der Waals surface area contributed by atoms with E-state index in [0.29, 0.717) is 0 Å². The Labute approximate surface area is 121 Å². The molecule has 0 spiro atoms. The molecular formula is C14H18F2N2O3. The summed E-state index contributed by atoms with van der Waals surface area (Å²) in [6.45, 7) is 2.97. The van der Waals surface area contributed by atoms with Gasteiger partial charge in [-0.1, -0.05) is 13.0 Å². The van der Waals surface area contributed by atoms with E-state index in [1.165, 1.54) is 13.0 Å². The minimum Gasteiger partial charge on any atom is -0.386 e. The molecule has 7 heteroatoms. The molecule has 2 atom stereocenters.